The first-order valence-electron chi connectivity index (χ1n) is 6.50. The van der Waals surface area contributed by atoms with Crippen molar-refractivity contribution < 1.29 is 9.50 Å². The number of halogens is 2. The SMILES string of the molecule is CC(C)(CF)C(O)C(=Cc1ccc(Cl)cc1)n1cncn1. The van der Waals surface area contributed by atoms with Gasteiger partial charge in [-0.2, -0.15) is 5.10 Å². The molecule has 0 spiro atoms. The van der Waals surface area contributed by atoms with Crippen molar-refractivity contribution in [1.82, 2.24) is 14.8 Å². The lowest BCUT2D eigenvalue weighted by Gasteiger charge is -2.29. The maximum atomic E-state index is 13.2. The number of hydrogen-bond donors (Lipinski definition) is 1. The number of aliphatic hydroxyl groups is 1. The fraction of sp³-hybridized carbons (Fsp3) is 0.333. The predicted molar refractivity (Wildman–Crippen MR) is 81.4 cm³/mol. The molecule has 1 heterocycles. The molecule has 2 rings (SSSR count). The number of nitrogens with zero attached hydrogens (tertiary/aromatic N) is 3. The second-order valence-electron chi connectivity index (χ2n) is 5.49. The number of benzene rings is 1. The molecule has 2 aromatic rings. The highest BCUT2D eigenvalue weighted by molar-refractivity contribution is 6.30. The van der Waals surface area contributed by atoms with E-state index in [1.165, 1.54) is 17.3 Å². The average Bonchev–Trinajstić information content (AvgIpc) is 3.00. The van der Waals surface area contributed by atoms with Gasteiger partial charge in [0.15, 0.2) is 0 Å². The highest BCUT2D eigenvalue weighted by Crippen LogP contribution is 2.30. The van der Waals surface area contributed by atoms with Gasteiger partial charge in [0.05, 0.1) is 12.4 Å². The molecule has 0 saturated carbocycles. The molecule has 4 nitrogen and oxygen atoms in total. The van der Waals surface area contributed by atoms with Crippen LogP contribution >= 0.6 is 11.6 Å². The normalized spacial score (nSPS) is 14.2. The smallest absolute Gasteiger partial charge is 0.138 e. The number of rotatable bonds is 5. The Morgan fingerprint density at radius 1 is 1.43 bits per heavy atom. The standard InChI is InChI=1S/C15H17ClFN3O/c1-15(2,8-17)14(21)13(20-10-18-9-19-20)7-11-3-5-12(16)6-4-11/h3-7,9-10,14,21H,8H2,1-2H3. The molecule has 0 radical (unpaired) electrons. The second kappa shape index (κ2) is 6.37. The molecule has 0 fully saturated rings. The summed E-state index contributed by atoms with van der Waals surface area (Å²) < 4.78 is 14.6. The summed E-state index contributed by atoms with van der Waals surface area (Å²) >= 11 is 5.86. The van der Waals surface area contributed by atoms with Gasteiger partial charge in [0.2, 0.25) is 0 Å². The molecule has 112 valence electrons. The van der Waals surface area contributed by atoms with E-state index < -0.39 is 18.2 Å². The average molecular weight is 310 g/mol. The summed E-state index contributed by atoms with van der Waals surface area (Å²) in [5, 5.41) is 15.2. The monoisotopic (exact) mass is 309 g/mol. The van der Waals surface area contributed by atoms with Gasteiger partial charge in [-0.25, -0.2) is 9.67 Å². The topological polar surface area (TPSA) is 50.9 Å². The summed E-state index contributed by atoms with van der Waals surface area (Å²) in [5.41, 5.74) is 0.362. The second-order valence-corrected chi connectivity index (χ2v) is 5.92. The molecule has 1 aromatic heterocycles. The van der Waals surface area contributed by atoms with Gasteiger partial charge < -0.3 is 5.11 Å². The summed E-state index contributed by atoms with van der Waals surface area (Å²) in [6, 6.07) is 7.13. The summed E-state index contributed by atoms with van der Waals surface area (Å²) in [5.74, 6) is 0. The van der Waals surface area contributed by atoms with Crippen LogP contribution in [0.3, 0.4) is 0 Å². The molecular formula is C15H17ClFN3O. The van der Waals surface area contributed by atoms with E-state index in [0.717, 1.165) is 5.56 Å². The van der Waals surface area contributed by atoms with Crippen LogP contribution in [0.25, 0.3) is 11.8 Å². The van der Waals surface area contributed by atoms with Crippen LogP contribution in [0.4, 0.5) is 4.39 Å². The molecule has 0 saturated heterocycles. The fourth-order valence-corrected chi connectivity index (χ4v) is 1.94. The van der Waals surface area contributed by atoms with Crippen LogP contribution in [0.1, 0.15) is 19.4 Å². The molecule has 0 aliphatic rings. The Kier molecular flexibility index (Phi) is 4.75. The van der Waals surface area contributed by atoms with Crippen molar-refractivity contribution in [2.24, 2.45) is 5.41 Å². The Hall–Kier alpha value is -1.72. The third-order valence-electron chi connectivity index (χ3n) is 3.23. The lowest BCUT2D eigenvalue weighted by Crippen LogP contribution is -2.34. The molecule has 21 heavy (non-hydrogen) atoms. The van der Waals surface area contributed by atoms with Crippen LogP contribution in [0, 0.1) is 5.41 Å². The van der Waals surface area contributed by atoms with Crippen LogP contribution in [0.2, 0.25) is 5.02 Å². The molecule has 0 aliphatic carbocycles. The van der Waals surface area contributed by atoms with Gasteiger partial charge in [-0.3, -0.25) is 4.39 Å². The summed E-state index contributed by atoms with van der Waals surface area (Å²) in [7, 11) is 0. The molecule has 0 bridgehead atoms. The van der Waals surface area contributed by atoms with E-state index in [9.17, 15) is 9.50 Å². The van der Waals surface area contributed by atoms with E-state index in [1.807, 2.05) is 12.1 Å². The third kappa shape index (κ3) is 3.68. The van der Waals surface area contributed by atoms with Gasteiger partial charge >= 0.3 is 0 Å². The van der Waals surface area contributed by atoms with E-state index in [-0.39, 0.29) is 0 Å². The third-order valence-corrected chi connectivity index (χ3v) is 3.48. The Bertz CT molecular complexity index is 608. The highest BCUT2D eigenvalue weighted by atomic mass is 35.5. The molecule has 6 heteroatoms. The van der Waals surface area contributed by atoms with Crippen molar-refractivity contribution in [3.05, 3.63) is 47.5 Å². The zero-order valence-corrected chi connectivity index (χ0v) is 12.6. The van der Waals surface area contributed by atoms with Crippen LogP contribution in [0.15, 0.2) is 36.9 Å². The van der Waals surface area contributed by atoms with Gasteiger partial charge in [0.25, 0.3) is 0 Å². The van der Waals surface area contributed by atoms with E-state index in [0.29, 0.717) is 10.7 Å². The van der Waals surface area contributed by atoms with Crippen LogP contribution < -0.4 is 0 Å². The first-order valence-corrected chi connectivity index (χ1v) is 6.88. The molecule has 1 unspecified atom stereocenters. The summed E-state index contributed by atoms with van der Waals surface area (Å²) in [4.78, 5) is 3.87. The number of hydrogen-bond acceptors (Lipinski definition) is 3. The first-order chi connectivity index (χ1) is 9.94. The largest absolute Gasteiger partial charge is 0.386 e. The lowest BCUT2D eigenvalue weighted by molar-refractivity contribution is 0.0717. The fourth-order valence-electron chi connectivity index (χ4n) is 1.82. The van der Waals surface area contributed by atoms with Gasteiger partial charge in [-0.1, -0.05) is 37.6 Å². The zero-order chi connectivity index (χ0) is 15.5. The summed E-state index contributed by atoms with van der Waals surface area (Å²) in [6.07, 6.45) is 3.55. The van der Waals surface area contributed by atoms with E-state index in [2.05, 4.69) is 10.1 Å². The molecule has 0 amide bonds. The molecule has 1 atom stereocenters. The van der Waals surface area contributed by atoms with Crippen molar-refractivity contribution in [2.75, 3.05) is 6.67 Å². The molecule has 1 N–H and O–H groups in total. The van der Waals surface area contributed by atoms with Crippen molar-refractivity contribution in [3.8, 4) is 0 Å². The van der Waals surface area contributed by atoms with Crippen molar-refractivity contribution in [3.63, 3.8) is 0 Å². The Morgan fingerprint density at radius 2 is 2.10 bits per heavy atom. The number of aliphatic hydroxyl groups excluding tert-OH is 1. The predicted octanol–water partition coefficient (Wildman–Crippen LogP) is 3.29. The first kappa shape index (κ1) is 15.7. The number of alkyl halides is 1. The molecular weight excluding hydrogens is 293 g/mol. The van der Waals surface area contributed by atoms with E-state index >= 15 is 0 Å². The Balaban J connectivity index is 2.44. The summed E-state index contributed by atoms with van der Waals surface area (Å²) in [6.45, 7) is 2.66. The van der Waals surface area contributed by atoms with Gasteiger partial charge in [-0.05, 0) is 23.8 Å². The maximum Gasteiger partial charge on any atom is 0.138 e. The minimum absolute atomic E-state index is 0.456. The quantitative estimate of drug-likeness (QED) is 0.922. The maximum absolute atomic E-state index is 13.2. The van der Waals surface area contributed by atoms with Gasteiger partial charge in [0, 0.05) is 10.4 Å². The van der Waals surface area contributed by atoms with Crippen LogP contribution in [-0.4, -0.2) is 32.6 Å². The van der Waals surface area contributed by atoms with Crippen molar-refractivity contribution >= 4 is 23.4 Å². The van der Waals surface area contributed by atoms with E-state index in [4.69, 9.17) is 11.6 Å². The van der Waals surface area contributed by atoms with E-state index in [1.54, 1.807) is 32.1 Å². The Labute approximate surface area is 127 Å². The Morgan fingerprint density at radius 3 is 2.62 bits per heavy atom. The van der Waals surface area contributed by atoms with Gasteiger partial charge in [0.1, 0.15) is 18.8 Å². The van der Waals surface area contributed by atoms with Gasteiger partial charge in [-0.15, -0.1) is 0 Å². The minimum Gasteiger partial charge on any atom is -0.386 e. The van der Waals surface area contributed by atoms with Crippen LogP contribution in [-0.2, 0) is 0 Å². The zero-order valence-electron chi connectivity index (χ0n) is 11.9. The van der Waals surface area contributed by atoms with Crippen molar-refractivity contribution in [2.45, 2.75) is 20.0 Å². The van der Waals surface area contributed by atoms with Crippen molar-refractivity contribution in [1.29, 1.82) is 0 Å². The lowest BCUT2D eigenvalue weighted by atomic mass is 9.85. The van der Waals surface area contributed by atoms with Crippen LogP contribution in [0.5, 0.6) is 0 Å². The molecule has 1 aromatic carbocycles. The minimum atomic E-state index is -1.03. The molecule has 0 aliphatic heterocycles. The highest BCUT2D eigenvalue weighted by Gasteiger charge is 2.32. The number of aromatic nitrogens is 3.